The minimum Gasteiger partial charge on any atom is -0.369 e. The zero-order chi connectivity index (χ0) is 16.3. The van der Waals surface area contributed by atoms with E-state index >= 15 is 0 Å². The lowest BCUT2D eigenvalue weighted by Gasteiger charge is -2.09. The van der Waals surface area contributed by atoms with Gasteiger partial charge in [-0.25, -0.2) is 4.98 Å². The second-order valence-corrected chi connectivity index (χ2v) is 5.86. The van der Waals surface area contributed by atoms with E-state index in [0.29, 0.717) is 0 Å². The van der Waals surface area contributed by atoms with Crippen molar-refractivity contribution in [1.82, 2.24) is 19.5 Å². The predicted molar refractivity (Wildman–Crippen MR) is 89.7 cm³/mol. The van der Waals surface area contributed by atoms with Crippen LogP contribution in [0.2, 0.25) is 0 Å². The van der Waals surface area contributed by atoms with Crippen LogP contribution in [0.3, 0.4) is 0 Å². The number of rotatable bonds is 2. The van der Waals surface area contributed by atoms with Crippen molar-refractivity contribution in [1.29, 1.82) is 0 Å². The maximum Gasteiger partial charge on any atom is 0.231 e. The lowest BCUT2D eigenvalue weighted by atomic mass is 9.95. The van der Waals surface area contributed by atoms with E-state index in [1.165, 1.54) is 0 Å². The Hall–Kier alpha value is -3.41. The number of hydrogen-bond acceptors (Lipinski definition) is 3. The van der Waals surface area contributed by atoms with E-state index in [4.69, 9.17) is 5.73 Å². The Morgan fingerprint density at radius 1 is 1.21 bits per heavy atom. The quantitative estimate of drug-likeness (QED) is 0.595. The summed E-state index contributed by atoms with van der Waals surface area (Å²) in [7, 11) is 0. The Bertz CT molecular complexity index is 1070. The summed E-state index contributed by atoms with van der Waals surface area (Å²) in [6.45, 7) is 0. The van der Waals surface area contributed by atoms with Crippen LogP contribution in [0.5, 0.6) is 0 Å². The molecule has 0 saturated carbocycles. The molecule has 0 radical (unpaired) electrons. The number of imidazole rings is 1. The van der Waals surface area contributed by atoms with Crippen molar-refractivity contribution >= 4 is 16.9 Å². The number of pyridine rings is 1. The summed E-state index contributed by atoms with van der Waals surface area (Å²) in [5, 5.41) is 0. The van der Waals surface area contributed by atoms with Crippen molar-refractivity contribution in [2.75, 3.05) is 0 Å². The molecule has 0 bridgehead atoms. The van der Waals surface area contributed by atoms with E-state index in [1.54, 1.807) is 12.4 Å². The van der Waals surface area contributed by atoms with Gasteiger partial charge in [0.05, 0.1) is 22.9 Å². The van der Waals surface area contributed by atoms with Gasteiger partial charge in [-0.3, -0.25) is 9.78 Å². The fraction of sp³-hybridized carbons (Fsp3) is 0.0556. The lowest BCUT2D eigenvalue weighted by Crippen LogP contribution is -2.20. The molecule has 6 nitrogen and oxygen atoms in total. The molecule has 3 N–H and O–H groups in total. The van der Waals surface area contributed by atoms with E-state index < -0.39 is 5.92 Å². The number of nitrogens with one attached hydrogen (secondary N) is 1. The number of benzene rings is 1. The molecule has 3 aromatic heterocycles. The average Bonchev–Trinajstić information content (AvgIpc) is 3.26. The molecular formula is C18H13N5O. The van der Waals surface area contributed by atoms with Gasteiger partial charge in [0.1, 0.15) is 11.7 Å². The molecule has 0 aliphatic carbocycles. The molecule has 1 aliphatic rings. The third kappa shape index (κ3) is 1.62. The number of para-hydroxylation sites is 1. The maximum absolute atomic E-state index is 12.0. The summed E-state index contributed by atoms with van der Waals surface area (Å²) in [6.07, 6.45) is 5.42. The number of nitrogens with zero attached hydrogens (tertiary/aromatic N) is 3. The lowest BCUT2D eigenvalue weighted by molar-refractivity contribution is -0.118. The summed E-state index contributed by atoms with van der Waals surface area (Å²) in [4.78, 5) is 24.1. The van der Waals surface area contributed by atoms with E-state index in [1.807, 2.05) is 47.2 Å². The second kappa shape index (κ2) is 4.55. The van der Waals surface area contributed by atoms with Crippen LogP contribution in [0.4, 0.5) is 0 Å². The Morgan fingerprint density at radius 2 is 2.12 bits per heavy atom. The third-order valence-corrected chi connectivity index (χ3v) is 4.52. The van der Waals surface area contributed by atoms with Gasteiger partial charge < -0.3 is 15.3 Å². The van der Waals surface area contributed by atoms with Crippen molar-refractivity contribution < 1.29 is 4.79 Å². The van der Waals surface area contributed by atoms with Crippen LogP contribution >= 0.6 is 0 Å². The van der Waals surface area contributed by atoms with Crippen molar-refractivity contribution in [3.8, 4) is 17.1 Å². The monoisotopic (exact) mass is 315 g/mol. The number of aromatic nitrogens is 4. The highest BCUT2D eigenvalue weighted by Gasteiger charge is 2.34. The minimum absolute atomic E-state index is 0.348. The Balaban J connectivity index is 1.80. The first-order chi connectivity index (χ1) is 11.7. The zero-order valence-electron chi connectivity index (χ0n) is 12.6. The molecule has 0 saturated heterocycles. The molecule has 1 aliphatic heterocycles. The number of H-pyrrole nitrogens is 1. The highest BCUT2D eigenvalue weighted by atomic mass is 16.1. The molecule has 0 fully saturated rings. The van der Waals surface area contributed by atoms with Crippen molar-refractivity contribution in [2.24, 2.45) is 5.73 Å². The molecule has 24 heavy (non-hydrogen) atoms. The fourth-order valence-electron chi connectivity index (χ4n) is 3.53. The molecule has 5 rings (SSSR count). The first kappa shape index (κ1) is 13.1. The zero-order valence-corrected chi connectivity index (χ0v) is 12.6. The van der Waals surface area contributed by atoms with Gasteiger partial charge in [-0.15, -0.1) is 0 Å². The van der Waals surface area contributed by atoms with Gasteiger partial charge in [-0.05, 0) is 29.8 Å². The van der Waals surface area contributed by atoms with Crippen molar-refractivity contribution in [2.45, 2.75) is 5.92 Å². The van der Waals surface area contributed by atoms with Gasteiger partial charge in [-0.2, -0.15) is 0 Å². The first-order valence-corrected chi connectivity index (χ1v) is 7.64. The number of nitrogens with two attached hydrogens (primary N) is 1. The number of fused-ring (bicyclic) bond motifs is 4. The van der Waals surface area contributed by atoms with Crippen LogP contribution in [0.1, 0.15) is 17.2 Å². The highest BCUT2D eigenvalue weighted by molar-refractivity contribution is 5.91. The predicted octanol–water partition coefficient (Wildman–Crippen LogP) is 2.35. The molecule has 0 unspecified atom stereocenters. The van der Waals surface area contributed by atoms with Gasteiger partial charge in [0.25, 0.3) is 0 Å². The fourth-order valence-corrected chi connectivity index (χ4v) is 3.53. The maximum atomic E-state index is 12.0. The molecule has 6 heteroatoms. The van der Waals surface area contributed by atoms with E-state index in [0.717, 1.165) is 39.4 Å². The number of hydrogen-bond donors (Lipinski definition) is 2. The van der Waals surface area contributed by atoms with Crippen LogP contribution in [0, 0.1) is 0 Å². The first-order valence-electron chi connectivity index (χ1n) is 7.64. The number of carbonyl (C=O) groups excluding carboxylic acids is 1. The Kier molecular flexibility index (Phi) is 2.48. The molecule has 4 heterocycles. The van der Waals surface area contributed by atoms with Crippen LogP contribution in [-0.2, 0) is 4.79 Å². The molecule has 1 aromatic carbocycles. The standard InChI is InChI=1S/C18H13N5O/c19-17(24)15-10-3-1-4-11(16(10)23-8-2-5-14(15)23)18-21-12-6-7-20-9-13(12)22-18/h1-9,15H,(H2,19,24)(H,21,22)/t15-/m0/s1. The summed E-state index contributed by atoms with van der Waals surface area (Å²) in [5.41, 5.74) is 11.1. The second-order valence-electron chi connectivity index (χ2n) is 5.86. The summed E-state index contributed by atoms with van der Waals surface area (Å²) < 4.78 is 2.02. The number of primary amides is 1. The van der Waals surface area contributed by atoms with Gasteiger partial charge in [-0.1, -0.05) is 12.1 Å². The number of carbonyl (C=O) groups is 1. The number of amides is 1. The Morgan fingerprint density at radius 3 is 2.96 bits per heavy atom. The minimum atomic E-state index is -0.430. The van der Waals surface area contributed by atoms with Gasteiger partial charge in [0, 0.05) is 23.7 Å². The number of aromatic amines is 1. The van der Waals surface area contributed by atoms with Crippen molar-refractivity contribution in [3.05, 3.63) is 66.2 Å². The smallest absolute Gasteiger partial charge is 0.231 e. The van der Waals surface area contributed by atoms with Gasteiger partial charge in [0.15, 0.2) is 0 Å². The van der Waals surface area contributed by atoms with E-state index in [-0.39, 0.29) is 5.91 Å². The molecule has 0 spiro atoms. The SMILES string of the molecule is NC(=O)[C@H]1c2cccc(-c3nc4ccncc4[nH]3)c2-n2cccc21. The van der Waals surface area contributed by atoms with Gasteiger partial charge in [0.2, 0.25) is 5.91 Å². The van der Waals surface area contributed by atoms with Crippen LogP contribution in [0.25, 0.3) is 28.1 Å². The van der Waals surface area contributed by atoms with E-state index in [9.17, 15) is 4.79 Å². The average molecular weight is 315 g/mol. The molecule has 4 aromatic rings. The topological polar surface area (TPSA) is 89.6 Å². The largest absolute Gasteiger partial charge is 0.369 e. The van der Waals surface area contributed by atoms with Crippen LogP contribution < -0.4 is 5.73 Å². The highest BCUT2D eigenvalue weighted by Crippen LogP contribution is 2.42. The summed E-state index contributed by atoms with van der Waals surface area (Å²) >= 11 is 0. The molecular weight excluding hydrogens is 302 g/mol. The Labute approximate surface area is 137 Å². The molecule has 116 valence electrons. The summed E-state index contributed by atoms with van der Waals surface area (Å²) in [5.74, 6) is -0.0275. The normalized spacial score (nSPS) is 15.4. The van der Waals surface area contributed by atoms with E-state index in [2.05, 4.69) is 15.0 Å². The van der Waals surface area contributed by atoms with Crippen LogP contribution in [-0.4, -0.2) is 25.4 Å². The third-order valence-electron chi connectivity index (χ3n) is 4.52. The molecule has 1 atom stereocenters. The summed E-state index contributed by atoms with van der Waals surface area (Å²) in [6, 6.07) is 11.6. The molecule has 1 amide bonds. The van der Waals surface area contributed by atoms with Crippen molar-refractivity contribution in [3.63, 3.8) is 0 Å². The van der Waals surface area contributed by atoms with Gasteiger partial charge >= 0.3 is 0 Å². The van der Waals surface area contributed by atoms with Crippen LogP contribution in [0.15, 0.2) is 55.0 Å².